The largest absolute Gasteiger partial charge is 0.484 e. The highest BCUT2D eigenvalue weighted by Gasteiger charge is 2.34. The van der Waals surface area contributed by atoms with Gasteiger partial charge in [0, 0.05) is 18.7 Å². The number of carbonyl (C=O) groups excluding carboxylic acids is 2. The predicted octanol–water partition coefficient (Wildman–Crippen LogP) is 3.80. The fourth-order valence-electron chi connectivity index (χ4n) is 3.75. The topological polar surface area (TPSA) is 49.9 Å². The molecule has 1 saturated heterocycles. The molecule has 0 radical (unpaired) electrons. The third kappa shape index (κ3) is 3.92. The number of hydrogen-bond acceptors (Lipinski definition) is 5. The van der Waals surface area contributed by atoms with E-state index in [1.54, 1.807) is 35.6 Å². The van der Waals surface area contributed by atoms with Crippen LogP contribution in [0.4, 0.5) is 0 Å². The number of thiophene rings is 1. The molecule has 4 rings (SSSR count). The fraction of sp³-hybridized carbons (Fsp3) is 0.429. The summed E-state index contributed by atoms with van der Waals surface area (Å²) in [5, 5.41) is 3.03. The SMILES string of the molecule is O=C1c2ccccc2C(=O)N1CCCOc1sccc1CN1CCCCC1. The van der Waals surface area contributed by atoms with Crippen LogP contribution in [0.5, 0.6) is 5.06 Å². The van der Waals surface area contributed by atoms with Crippen LogP contribution in [0, 0.1) is 0 Å². The molecule has 2 aliphatic rings. The van der Waals surface area contributed by atoms with Crippen molar-refractivity contribution < 1.29 is 14.3 Å². The highest BCUT2D eigenvalue weighted by atomic mass is 32.1. The van der Waals surface area contributed by atoms with Crippen LogP contribution >= 0.6 is 11.3 Å². The first-order valence-electron chi connectivity index (χ1n) is 9.61. The minimum absolute atomic E-state index is 0.197. The van der Waals surface area contributed by atoms with Crippen molar-refractivity contribution in [3.05, 3.63) is 52.4 Å². The third-order valence-corrected chi connectivity index (χ3v) is 6.05. The molecule has 6 heteroatoms. The van der Waals surface area contributed by atoms with Crippen LogP contribution in [-0.4, -0.2) is 47.9 Å². The lowest BCUT2D eigenvalue weighted by molar-refractivity contribution is 0.0647. The molecule has 2 amide bonds. The summed E-state index contributed by atoms with van der Waals surface area (Å²) in [4.78, 5) is 28.5. The van der Waals surface area contributed by atoms with Crippen molar-refractivity contribution in [3.63, 3.8) is 0 Å². The van der Waals surface area contributed by atoms with Crippen LogP contribution in [0.1, 0.15) is 52.0 Å². The molecule has 0 N–H and O–H groups in total. The molecule has 0 bridgehead atoms. The van der Waals surface area contributed by atoms with Crippen molar-refractivity contribution in [2.24, 2.45) is 0 Å². The third-order valence-electron chi connectivity index (χ3n) is 5.19. The molecule has 0 unspecified atom stereocenters. The normalized spacial score (nSPS) is 17.4. The van der Waals surface area contributed by atoms with Crippen LogP contribution in [-0.2, 0) is 6.54 Å². The molecule has 0 saturated carbocycles. The van der Waals surface area contributed by atoms with Gasteiger partial charge in [-0.25, -0.2) is 0 Å². The minimum Gasteiger partial charge on any atom is -0.484 e. The van der Waals surface area contributed by atoms with Crippen LogP contribution in [0.2, 0.25) is 0 Å². The van der Waals surface area contributed by atoms with Crippen LogP contribution in [0.25, 0.3) is 0 Å². The number of amides is 2. The predicted molar refractivity (Wildman–Crippen MR) is 105 cm³/mol. The van der Waals surface area contributed by atoms with Gasteiger partial charge in [-0.1, -0.05) is 18.6 Å². The van der Waals surface area contributed by atoms with Crippen molar-refractivity contribution in [2.45, 2.75) is 32.2 Å². The van der Waals surface area contributed by atoms with Gasteiger partial charge in [0.25, 0.3) is 11.8 Å². The van der Waals surface area contributed by atoms with Crippen LogP contribution < -0.4 is 4.74 Å². The van der Waals surface area contributed by atoms with E-state index < -0.39 is 0 Å². The van der Waals surface area contributed by atoms with E-state index in [1.807, 2.05) is 0 Å². The summed E-state index contributed by atoms with van der Waals surface area (Å²) in [6.07, 6.45) is 4.52. The van der Waals surface area contributed by atoms with Gasteiger partial charge in [-0.15, -0.1) is 11.3 Å². The number of ether oxygens (including phenoxy) is 1. The standard InChI is InChI=1S/C21H24N2O3S/c24-19-17-7-2-3-8-18(17)20(25)23(19)12-6-13-26-21-16(9-14-27-21)15-22-10-4-1-5-11-22/h2-3,7-9,14H,1,4-6,10-13,15H2. The maximum atomic E-state index is 12.4. The van der Waals surface area contributed by atoms with Crippen molar-refractivity contribution in [2.75, 3.05) is 26.2 Å². The lowest BCUT2D eigenvalue weighted by atomic mass is 10.1. The zero-order chi connectivity index (χ0) is 18.6. The Morgan fingerprint density at radius 3 is 2.37 bits per heavy atom. The van der Waals surface area contributed by atoms with E-state index in [2.05, 4.69) is 16.3 Å². The number of imide groups is 1. The average Bonchev–Trinajstić information content (AvgIpc) is 3.23. The Labute approximate surface area is 163 Å². The van der Waals surface area contributed by atoms with Crippen LogP contribution in [0.3, 0.4) is 0 Å². The van der Waals surface area contributed by atoms with Gasteiger partial charge in [-0.3, -0.25) is 19.4 Å². The molecular weight excluding hydrogens is 360 g/mol. The summed E-state index contributed by atoms with van der Waals surface area (Å²) in [5.41, 5.74) is 2.25. The summed E-state index contributed by atoms with van der Waals surface area (Å²) in [5.74, 6) is -0.393. The van der Waals surface area contributed by atoms with Gasteiger partial charge < -0.3 is 4.74 Å². The quantitative estimate of drug-likeness (QED) is 0.538. The molecule has 1 aromatic heterocycles. The van der Waals surface area contributed by atoms with E-state index in [9.17, 15) is 9.59 Å². The first kappa shape index (κ1) is 18.2. The minimum atomic E-state index is -0.197. The van der Waals surface area contributed by atoms with Crippen molar-refractivity contribution in [1.82, 2.24) is 9.80 Å². The number of fused-ring (bicyclic) bond motifs is 1. The lowest BCUT2D eigenvalue weighted by Crippen LogP contribution is -2.31. The number of benzene rings is 1. The van der Waals surface area contributed by atoms with Crippen molar-refractivity contribution in [1.29, 1.82) is 0 Å². The van der Waals surface area contributed by atoms with E-state index >= 15 is 0 Å². The highest BCUT2D eigenvalue weighted by molar-refractivity contribution is 7.12. The number of nitrogens with zero attached hydrogens (tertiary/aromatic N) is 2. The monoisotopic (exact) mass is 384 g/mol. The number of hydrogen-bond donors (Lipinski definition) is 0. The van der Waals surface area contributed by atoms with E-state index in [0.29, 0.717) is 30.7 Å². The zero-order valence-corrected chi connectivity index (χ0v) is 16.2. The molecule has 0 aliphatic carbocycles. The molecule has 1 aromatic carbocycles. The number of piperidine rings is 1. The first-order valence-corrected chi connectivity index (χ1v) is 10.5. The van der Waals surface area contributed by atoms with E-state index in [4.69, 9.17) is 4.74 Å². The summed E-state index contributed by atoms with van der Waals surface area (Å²) >= 11 is 1.62. The lowest BCUT2D eigenvalue weighted by Gasteiger charge is -2.26. The van der Waals surface area contributed by atoms with Gasteiger partial charge in [0.15, 0.2) is 5.06 Å². The Morgan fingerprint density at radius 2 is 1.67 bits per heavy atom. The van der Waals surface area contributed by atoms with Gasteiger partial charge in [-0.05, 0) is 55.9 Å². The molecule has 5 nitrogen and oxygen atoms in total. The van der Waals surface area contributed by atoms with Gasteiger partial charge in [0.05, 0.1) is 17.7 Å². The Hall–Kier alpha value is -2.18. The Kier molecular flexibility index (Phi) is 5.55. The van der Waals surface area contributed by atoms with Crippen LogP contribution in [0.15, 0.2) is 35.7 Å². The van der Waals surface area contributed by atoms with E-state index in [1.165, 1.54) is 29.7 Å². The molecule has 1 fully saturated rings. The molecule has 27 heavy (non-hydrogen) atoms. The average molecular weight is 385 g/mol. The molecule has 0 atom stereocenters. The van der Waals surface area contributed by atoms with Gasteiger partial charge >= 0.3 is 0 Å². The second-order valence-corrected chi connectivity index (χ2v) is 7.96. The van der Waals surface area contributed by atoms with Crippen molar-refractivity contribution in [3.8, 4) is 5.06 Å². The van der Waals surface area contributed by atoms with E-state index in [0.717, 1.165) is 24.7 Å². The fourth-order valence-corrected chi connectivity index (χ4v) is 4.55. The maximum absolute atomic E-state index is 12.4. The summed E-state index contributed by atoms with van der Waals surface area (Å²) in [7, 11) is 0. The summed E-state index contributed by atoms with van der Waals surface area (Å²) < 4.78 is 5.97. The Morgan fingerprint density at radius 1 is 0.963 bits per heavy atom. The smallest absolute Gasteiger partial charge is 0.261 e. The zero-order valence-electron chi connectivity index (χ0n) is 15.4. The summed E-state index contributed by atoms with van der Waals surface area (Å²) in [6.45, 7) is 4.15. The summed E-state index contributed by atoms with van der Waals surface area (Å²) in [6, 6.07) is 9.14. The number of carbonyl (C=O) groups is 2. The Balaban J connectivity index is 1.27. The highest BCUT2D eigenvalue weighted by Crippen LogP contribution is 2.28. The van der Waals surface area contributed by atoms with E-state index in [-0.39, 0.29) is 11.8 Å². The van der Waals surface area contributed by atoms with Gasteiger partial charge in [-0.2, -0.15) is 0 Å². The molecule has 0 spiro atoms. The molecule has 2 aliphatic heterocycles. The second kappa shape index (κ2) is 8.23. The van der Waals surface area contributed by atoms with Gasteiger partial charge in [0.1, 0.15) is 0 Å². The molecule has 3 heterocycles. The Bertz CT molecular complexity index is 791. The second-order valence-electron chi connectivity index (χ2n) is 7.08. The molecule has 142 valence electrons. The first-order chi connectivity index (χ1) is 13.2. The van der Waals surface area contributed by atoms with Crippen molar-refractivity contribution >= 4 is 23.2 Å². The maximum Gasteiger partial charge on any atom is 0.261 e. The number of likely N-dealkylation sites (tertiary alicyclic amines) is 1. The number of rotatable bonds is 7. The molecular formula is C21H24N2O3S. The van der Waals surface area contributed by atoms with Gasteiger partial charge in [0.2, 0.25) is 0 Å². The molecule has 2 aromatic rings.